The zero-order chi connectivity index (χ0) is 15.5. The van der Waals surface area contributed by atoms with Crippen molar-refractivity contribution in [1.29, 1.82) is 0 Å². The van der Waals surface area contributed by atoms with Gasteiger partial charge in [0.15, 0.2) is 0 Å². The molecule has 0 radical (unpaired) electrons. The van der Waals surface area contributed by atoms with Crippen molar-refractivity contribution in [2.45, 2.75) is 32.2 Å². The Hall–Kier alpha value is -1.55. The van der Waals surface area contributed by atoms with Gasteiger partial charge in [-0.2, -0.15) is 0 Å². The van der Waals surface area contributed by atoms with Crippen molar-refractivity contribution >= 4 is 11.7 Å². The molecule has 1 aliphatic carbocycles. The molecule has 0 aliphatic heterocycles. The summed E-state index contributed by atoms with van der Waals surface area (Å²) in [6.45, 7) is 4.99. The molecule has 1 aromatic carbocycles. The van der Waals surface area contributed by atoms with Crippen molar-refractivity contribution in [3.05, 3.63) is 29.8 Å². The Kier molecular flexibility index (Phi) is 4.88. The lowest BCUT2D eigenvalue weighted by atomic mass is 9.92. The average molecular weight is 290 g/mol. The number of carbonyl (C=O) groups excluding carboxylic acids is 1. The summed E-state index contributed by atoms with van der Waals surface area (Å²) in [7, 11) is 3.90. The number of nitrogens with one attached hydrogen (secondary N) is 1. The Balaban J connectivity index is 2.23. The van der Waals surface area contributed by atoms with Gasteiger partial charge < -0.3 is 15.0 Å². The van der Waals surface area contributed by atoms with Crippen molar-refractivity contribution in [3.63, 3.8) is 0 Å². The molecule has 1 saturated carbocycles. The number of rotatable bonds is 7. The van der Waals surface area contributed by atoms with E-state index in [1.54, 1.807) is 0 Å². The molecule has 0 spiro atoms. The Labute approximate surface area is 127 Å². The van der Waals surface area contributed by atoms with Gasteiger partial charge in [0, 0.05) is 19.3 Å². The molecular weight excluding hydrogens is 264 g/mol. The molecule has 1 fully saturated rings. The minimum Gasteiger partial charge on any atom is -0.465 e. The third kappa shape index (κ3) is 3.21. The van der Waals surface area contributed by atoms with Crippen molar-refractivity contribution in [3.8, 4) is 0 Å². The molecule has 1 atom stereocenters. The van der Waals surface area contributed by atoms with Crippen LogP contribution in [0.2, 0.25) is 0 Å². The molecule has 116 valence electrons. The number of para-hydroxylation sites is 1. The quantitative estimate of drug-likeness (QED) is 0.783. The predicted molar refractivity (Wildman–Crippen MR) is 85.6 cm³/mol. The first-order valence-electron chi connectivity index (χ1n) is 7.68. The second kappa shape index (κ2) is 6.48. The van der Waals surface area contributed by atoms with Crippen LogP contribution < -0.4 is 10.2 Å². The van der Waals surface area contributed by atoms with E-state index in [-0.39, 0.29) is 5.97 Å². The third-order valence-electron chi connectivity index (χ3n) is 4.37. The number of esters is 1. The number of hydrogen-bond donors (Lipinski definition) is 1. The predicted octanol–water partition coefficient (Wildman–Crippen LogP) is 2.36. The maximum Gasteiger partial charge on any atom is 0.328 e. The molecule has 0 heterocycles. The molecule has 0 aromatic heterocycles. The molecule has 21 heavy (non-hydrogen) atoms. The van der Waals surface area contributed by atoms with Crippen LogP contribution in [0.15, 0.2) is 24.3 Å². The SMILES string of the molecule is CCOC(=O)C(CN(C)c1ccccc1C)(NC)C1CC1. The molecule has 4 nitrogen and oxygen atoms in total. The highest BCUT2D eigenvalue weighted by Crippen LogP contribution is 2.41. The number of aryl methyl sites for hydroxylation is 1. The molecule has 1 aliphatic rings. The van der Waals surface area contributed by atoms with E-state index < -0.39 is 5.54 Å². The van der Waals surface area contributed by atoms with Crippen LogP contribution in [0.4, 0.5) is 5.69 Å². The number of nitrogens with zero attached hydrogens (tertiary/aromatic N) is 1. The maximum absolute atomic E-state index is 12.5. The van der Waals surface area contributed by atoms with Gasteiger partial charge in [0.25, 0.3) is 0 Å². The lowest BCUT2D eigenvalue weighted by molar-refractivity contribution is -0.151. The van der Waals surface area contributed by atoms with Gasteiger partial charge in [-0.25, -0.2) is 4.79 Å². The van der Waals surface area contributed by atoms with E-state index in [1.807, 2.05) is 33.2 Å². The second-order valence-corrected chi connectivity index (χ2v) is 5.86. The minimum atomic E-state index is -0.604. The van der Waals surface area contributed by atoms with Crippen LogP contribution in [0, 0.1) is 12.8 Å². The van der Waals surface area contributed by atoms with E-state index in [2.05, 4.69) is 29.3 Å². The monoisotopic (exact) mass is 290 g/mol. The largest absolute Gasteiger partial charge is 0.465 e. The lowest BCUT2D eigenvalue weighted by Crippen LogP contribution is -2.60. The van der Waals surface area contributed by atoms with Crippen LogP contribution >= 0.6 is 0 Å². The van der Waals surface area contributed by atoms with Crippen molar-refractivity contribution in [2.75, 3.05) is 32.1 Å². The molecule has 1 aromatic rings. The minimum absolute atomic E-state index is 0.129. The fourth-order valence-electron chi connectivity index (χ4n) is 3.03. The van der Waals surface area contributed by atoms with E-state index >= 15 is 0 Å². The number of likely N-dealkylation sites (N-methyl/N-ethyl adjacent to an activating group) is 2. The number of benzene rings is 1. The van der Waals surface area contributed by atoms with E-state index in [0.29, 0.717) is 19.1 Å². The zero-order valence-corrected chi connectivity index (χ0v) is 13.5. The van der Waals surface area contributed by atoms with Crippen molar-refractivity contribution in [2.24, 2.45) is 5.92 Å². The van der Waals surface area contributed by atoms with Gasteiger partial charge in [-0.05, 0) is 51.3 Å². The van der Waals surface area contributed by atoms with Crippen LogP contribution in [-0.4, -0.2) is 38.8 Å². The zero-order valence-electron chi connectivity index (χ0n) is 13.5. The highest BCUT2D eigenvalue weighted by atomic mass is 16.5. The Bertz CT molecular complexity index is 499. The van der Waals surface area contributed by atoms with Gasteiger partial charge in [0.05, 0.1) is 6.61 Å². The molecular formula is C17H26N2O2. The average Bonchev–Trinajstić information content (AvgIpc) is 3.30. The first-order valence-corrected chi connectivity index (χ1v) is 7.68. The Morgan fingerprint density at radius 2 is 2.10 bits per heavy atom. The number of carbonyl (C=O) groups is 1. The molecule has 0 bridgehead atoms. The van der Waals surface area contributed by atoms with Crippen molar-refractivity contribution < 1.29 is 9.53 Å². The number of hydrogen-bond acceptors (Lipinski definition) is 4. The Morgan fingerprint density at radius 1 is 1.43 bits per heavy atom. The fourth-order valence-corrected chi connectivity index (χ4v) is 3.03. The summed E-state index contributed by atoms with van der Waals surface area (Å²) in [6, 6.07) is 8.24. The van der Waals surface area contributed by atoms with Gasteiger partial charge in [-0.15, -0.1) is 0 Å². The standard InChI is InChI=1S/C17H26N2O2/c1-5-21-16(20)17(18-3,14-10-11-14)12-19(4)15-9-7-6-8-13(15)2/h6-9,14,18H,5,10-12H2,1-4H3. The number of anilines is 1. The lowest BCUT2D eigenvalue weighted by Gasteiger charge is -2.36. The first-order chi connectivity index (χ1) is 10.0. The first kappa shape index (κ1) is 15.8. The van der Waals surface area contributed by atoms with E-state index in [1.165, 1.54) is 5.56 Å². The molecule has 0 amide bonds. The Morgan fingerprint density at radius 3 is 2.62 bits per heavy atom. The fraction of sp³-hybridized carbons (Fsp3) is 0.588. The van der Waals surface area contributed by atoms with Gasteiger partial charge in [-0.3, -0.25) is 0 Å². The van der Waals surface area contributed by atoms with E-state index in [0.717, 1.165) is 18.5 Å². The summed E-state index contributed by atoms with van der Waals surface area (Å²) in [6.07, 6.45) is 2.17. The van der Waals surface area contributed by atoms with Gasteiger partial charge in [0.1, 0.15) is 5.54 Å². The maximum atomic E-state index is 12.5. The smallest absolute Gasteiger partial charge is 0.328 e. The van der Waals surface area contributed by atoms with Crippen LogP contribution in [0.25, 0.3) is 0 Å². The topological polar surface area (TPSA) is 41.6 Å². The summed E-state index contributed by atoms with van der Waals surface area (Å²) in [5.41, 5.74) is 1.76. The summed E-state index contributed by atoms with van der Waals surface area (Å²) in [5, 5.41) is 3.27. The molecule has 1 unspecified atom stereocenters. The highest BCUT2D eigenvalue weighted by molar-refractivity contribution is 5.83. The van der Waals surface area contributed by atoms with Crippen LogP contribution in [0.3, 0.4) is 0 Å². The summed E-state index contributed by atoms with van der Waals surface area (Å²) in [4.78, 5) is 14.7. The van der Waals surface area contributed by atoms with E-state index in [9.17, 15) is 4.79 Å². The number of ether oxygens (including phenoxy) is 1. The normalized spacial score (nSPS) is 17.1. The molecule has 4 heteroatoms. The highest BCUT2D eigenvalue weighted by Gasteiger charge is 2.51. The molecule has 2 rings (SSSR count). The third-order valence-corrected chi connectivity index (χ3v) is 4.37. The molecule has 1 N–H and O–H groups in total. The van der Waals surface area contributed by atoms with E-state index in [4.69, 9.17) is 4.74 Å². The summed E-state index contributed by atoms with van der Waals surface area (Å²) < 4.78 is 5.34. The second-order valence-electron chi connectivity index (χ2n) is 5.86. The summed E-state index contributed by atoms with van der Waals surface area (Å²) >= 11 is 0. The van der Waals surface area contributed by atoms with Crippen molar-refractivity contribution in [1.82, 2.24) is 5.32 Å². The van der Waals surface area contributed by atoms with Gasteiger partial charge >= 0.3 is 5.97 Å². The van der Waals surface area contributed by atoms with Gasteiger partial charge in [0.2, 0.25) is 0 Å². The van der Waals surface area contributed by atoms with Crippen LogP contribution in [0.5, 0.6) is 0 Å². The van der Waals surface area contributed by atoms with Crippen LogP contribution in [0.1, 0.15) is 25.3 Å². The molecule has 0 saturated heterocycles. The summed E-state index contributed by atoms with van der Waals surface area (Å²) in [5.74, 6) is 0.239. The van der Waals surface area contributed by atoms with Gasteiger partial charge in [-0.1, -0.05) is 18.2 Å². The van der Waals surface area contributed by atoms with Crippen LogP contribution in [-0.2, 0) is 9.53 Å².